The van der Waals surface area contributed by atoms with Crippen molar-refractivity contribution < 1.29 is 0 Å². The summed E-state index contributed by atoms with van der Waals surface area (Å²) >= 11 is 5.43. The van der Waals surface area contributed by atoms with Gasteiger partial charge in [-0.2, -0.15) is 0 Å². The third-order valence-corrected chi connectivity index (χ3v) is 4.52. The van der Waals surface area contributed by atoms with E-state index < -0.39 is 0 Å². The van der Waals surface area contributed by atoms with Crippen molar-refractivity contribution in [2.75, 3.05) is 5.32 Å². The van der Waals surface area contributed by atoms with Gasteiger partial charge in [0.2, 0.25) is 0 Å². The second kappa shape index (κ2) is 6.38. The summed E-state index contributed by atoms with van der Waals surface area (Å²) in [6.45, 7) is 6.76. The van der Waals surface area contributed by atoms with Crippen molar-refractivity contribution in [1.82, 2.24) is 5.32 Å². The van der Waals surface area contributed by atoms with E-state index in [0.29, 0.717) is 12.0 Å². The molecular formula is C16H24N2S. The molecule has 1 saturated carbocycles. The molecule has 2 nitrogen and oxygen atoms in total. The highest BCUT2D eigenvalue weighted by molar-refractivity contribution is 7.80. The number of benzene rings is 1. The monoisotopic (exact) mass is 276 g/mol. The van der Waals surface area contributed by atoms with E-state index in [0.717, 1.165) is 16.7 Å². The van der Waals surface area contributed by atoms with Crippen LogP contribution in [0.1, 0.15) is 38.7 Å². The lowest BCUT2D eigenvalue weighted by atomic mass is 9.78. The van der Waals surface area contributed by atoms with Crippen LogP contribution in [0, 0.1) is 18.8 Å². The fourth-order valence-electron chi connectivity index (χ4n) is 2.84. The Balaban J connectivity index is 1.90. The Morgan fingerprint density at radius 2 is 2.05 bits per heavy atom. The Morgan fingerprint density at radius 1 is 1.26 bits per heavy atom. The standard InChI is InChI=1S/C16H24N2S/c1-11-6-4-8-14(10-11)17-16(19)18-15-9-5-7-12(2)13(15)3/h4,6,8,10,12-13,15H,5,7,9H2,1-3H3,(H2,17,18,19)/t12-,13+,15+/m1/s1. The molecule has 1 aliphatic rings. The summed E-state index contributed by atoms with van der Waals surface area (Å²) in [5.41, 5.74) is 2.31. The van der Waals surface area contributed by atoms with Gasteiger partial charge in [-0.3, -0.25) is 0 Å². The van der Waals surface area contributed by atoms with E-state index in [2.05, 4.69) is 43.5 Å². The van der Waals surface area contributed by atoms with Gasteiger partial charge in [0.1, 0.15) is 0 Å². The van der Waals surface area contributed by atoms with Crippen molar-refractivity contribution in [1.29, 1.82) is 0 Å². The maximum Gasteiger partial charge on any atom is 0.171 e. The van der Waals surface area contributed by atoms with Crippen LogP contribution >= 0.6 is 12.2 Å². The van der Waals surface area contributed by atoms with Crippen molar-refractivity contribution in [3.63, 3.8) is 0 Å². The van der Waals surface area contributed by atoms with E-state index in [4.69, 9.17) is 12.2 Å². The molecule has 0 heterocycles. The van der Waals surface area contributed by atoms with Crippen molar-refractivity contribution in [3.8, 4) is 0 Å². The summed E-state index contributed by atoms with van der Waals surface area (Å²) in [4.78, 5) is 0. The number of nitrogens with one attached hydrogen (secondary N) is 2. The number of anilines is 1. The maximum absolute atomic E-state index is 5.43. The first-order valence-corrected chi connectivity index (χ1v) is 7.61. The van der Waals surface area contributed by atoms with Gasteiger partial charge >= 0.3 is 0 Å². The Bertz CT molecular complexity index is 444. The molecule has 0 aliphatic heterocycles. The number of thiocarbonyl (C=S) groups is 1. The Hall–Kier alpha value is -1.09. The molecule has 2 N–H and O–H groups in total. The van der Waals surface area contributed by atoms with Gasteiger partial charge in [0, 0.05) is 11.7 Å². The minimum Gasteiger partial charge on any atom is -0.359 e. The summed E-state index contributed by atoms with van der Waals surface area (Å²) in [5, 5.41) is 7.52. The highest BCUT2D eigenvalue weighted by Gasteiger charge is 2.27. The minimum absolute atomic E-state index is 0.508. The van der Waals surface area contributed by atoms with Crippen LogP contribution in [0.5, 0.6) is 0 Å². The molecule has 0 spiro atoms. The maximum atomic E-state index is 5.43. The van der Waals surface area contributed by atoms with E-state index in [9.17, 15) is 0 Å². The summed E-state index contributed by atoms with van der Waals surface area (Å²) in [7, 11) is 0. The molecule has 0 radical (unpaired) electrons. The van der Waals surface area contributed by atoms with Gasteiger partial charge in [0.25, 0.3) is 0 Å². The lowest BCUT2D eigenvalue weighted by Crippen LogP contribution is -2.45. The van der Waals surface area contributed by atoms with Crippen LogP contribution in [-0.2, 0) is 0 Å². The van der Waals surface area contributed by atoms with Crippen LogP contribution in [0.25, 0.3) is 0 Å². The van der Waals surface area contributed by atoms with Crippen LogP contribution < -0.4 is 10.6 Å². The van der Waals surface area contributed by atoms with Gasteiger partial charge in [-0.25, -0.2) is 0 Å². The SMILES string of the molecule is Cc1cccc(NC(=S)N[C@H]2CCC[C@@H](C)[C@@H]2C)c1. The predicted molar refractivity (Wildman–Crippen MR) is 86.5 cm³/mol. The number of hydrogen-bond acceptors (Lipinski definition) is 1. The summed E-state index contributed by atoms with van der Waals surface area (Å²) in [5.74, 6) is 1.47. The summed E-state index contributed by atoms with van der Waals surface area (Å²) in [6, 6.07) is 8.81. The van der Waals surface area contributed by atoms with Crippen LogP contribution in [0.2, 0.25) is 0 Å². The Morgan fingerprint density at radius 3 is 2.79 bits per heavy atom. The molecule has 2 rings (SSSR count). The zero-order valence-electron chi connectivity index (χ0n) is 12.1. The molecule has 0 aromatic heterocycles. The predicted octanol–water partition coefficient (Wildman–Crippen LogP) is 4.11. The van der Waals surface area contributed by atoms with E-state index in [1.165, 1.54) is 24.8 Å². The van der Waals surface area contributed by atoms with Crippen LogP contribution in [0.4, 0.5) is 5.69 Å². The molecule has 0 saturated heterocycles. The van der Waals surface area contributed by atoms with Crippen molar-refractivity contribution in [3.05, 3.63) is 29.8 Å². The third kappa shape index (κ3) is 3.93. The molecule has 104 valence electrons. The second-order valence-electron chi connectivity index (χ2n) is 5.84. The lowest BCUT2D eigenvalue weighted by molar-refractivity contribution is 0.225. The zero-order valence-corrected chi connectivity index (χ0v) is 12.9. The third-order valence-electron chi connectivity index (χ3n) is 4.30. The molecule has 0 amide bonds. The first-order chi connectivity index (χ1) is 9.06. The van der Waals surface area contributed by atoms with Gasteiger partial charge in [-0.15, -0.1) is 0 Å². The quantitative estimate of drug-likeness (QED) is 0.795. The molecule has 0 unspecified atom stereocenters. The van der Waals surface area contributed by atoms with E-state index in [1.807, 2.05) is 12.1 Å². The van der Waals surface area contributed by atoms with Crippen molar-refractivity contribution in [2.45, 2.75) is 46.1 Å². The average molecular weight is 276 g/mol. The van der Waals surface area contributed by atoms with E-state index in [1.54, 1.807) is 0 Å². The molecule has 0 bridgehead atoms. The smallest absolute Gasteiger partial charge is 0.171 e. The van der Waals surface area contributed by atoms with Crippen molar-refractivity contribution in [2.24, 2.45) is 11.8 Å². The second-order valence-corrected chi connectivity index (χ2v) is 6.25. The molecule has 1 aromatic rings. The molecule has 1 aliphatic carbocycles. The first kappa shape index (κ1) is 14.3. The van der Waals surface area contributed by atoms with Gasteiger partial charge in [0.05, 0.1) is 0 Å². The van der Waals surface area contributed by atoms with Gasteiger partial charge in [0.15, 0.2) is 5.11 Å². The first-order valence-electron chi connectivity index (χ1n) is 7.20. The number of hydrogen-bond donors (Lipinski definition) is 2. The molecular weight excluding hydrogens is 252 g/mol. The fraction of sp³-hybridized carbons (Fsp3) is 0.562. The van der Waals surface area contributed by atoms with Crippen LogP contribution in [-0.4, -0.2) is 11.2 Å². The van der Waals surface area contributed by atoms with Gasteiger partial charge in [-0.05, 0) is 55.1 Å². The topological polar surface area (TPSA) is 24.1 Å². The van der Waals surface area contributed by atoms with Gasteiger partial charge in [-0.1, -0.05) is 38.8 Å². The number of aryl methyl sites for hydroxylation is 1. The Labute approximate surface area is 122 Å². The molecule has 3 atom stereocenters. The minimum atomic E-state index is 0.508. The van der Waals surface area contributed by atoms with Crippen molar-refractivity contribution >= 4 is 23.0 Å². The van der Waals surface area contributed by atoms with Gasteiger partial charge < -0.3 is 10.6 Å². The number of rotatable bonds is 2. The fourth-order valence-corrected chi connectivity index (χ4v) is 3.11. The Kier molecular flexibility index (Phi) is 4.81. The molecule has 3 heteroatoms. The highest BCUT2D eigenvalue weighted by Crippen LogP contribution is 2.29. The average Bonchev–Trinajstić information content (AvgIpc) is 2.35. The van der Waals surface area contributed by atoms with Crippen LogP contribution in [0.3, 0.4) is 0 Å². The van der Waals surface area contributed by atoms with E-state index in [-0.39, 0.29) is 0 Å². The lowest BCUT2D eigenvalue weighted by Gasteiger charge is -2.35. The van der Waals surface area contributed by atoms with Crippen LogP contribution in [0.15, 0.2) is 24.3 Å². The molecule has 1 fully saturated rings. The normalized spacial score (nSPS) is 26.8. The summed E-state index contributed by atoms with van der Waals surface area (Å²) < 4.78 is 0. The molecule has 1 aromatic carbocycles. The summed E-state index contributed by atoms with van der Waals surface area (Å²) in [6.07, 6.45) is 3.87. The zero-order chi connectivity index (χ0) is 13.8. The largest absolute Gasteiger partial charge is 0.359 e. The van der Waals surface area contributed by atoms with E-state index >= 15 is 0 Å². The highest BCUT2D eigenvalue weighted by atomic mass is 32.1. The molecule has 19 heavy (non-hydrogen) atoms.